The third kappa shape index (κ3) is 3.08. The van der Waals surface area contributed by atoms with E-state index in [-0.39, 0.29) is 17.4 Å². The fourth-order valence-electron chi connectivity index (χ4n) is 4.65. The van der Waals surface area contributed by atoms with Gasteiger partial charge in [-0.1, -0.05) is 0 Å². The van der Waals surface area contributed by atoms with E-state index in [2.05, 4.69) is 19.9 Å². The third-order valence-electron chi connectivity index (χ3n) is 5.89. The van der Waals surface area contributed by atoms with Crippen LogP contribution in [0.2, 0.25) is 0 Å². The normalized spacial score (nSPS) is 19.9. The minimum atomic E-state index is -0.492. The number of nitrogens with zero attached hydrogens (tertiary/aromatic N) is 5. The fourth-order valence-corrected chi connectivity index (χ4v) is 4.65. The fraction of sp³-hybridized carbons (Fsp3) is 0.286. The predicted octanol–water partition coefficient (Wildman–Crippen LogP) is 1.01. The highest BCUT2D eigenvalue weighted by Gasteiger charge is 2.36. The molecule has 0 saturated carbocycles. The maximum Gasteiger partial charge on any atom is 0.252 e. The Bertz CT molecular complexity index is 1210. The van der Waals surface area contributed by atoms with E-state index >= 15 is 0 Å². The number of piperidine rings is 1. The topological polar surface area (TPSA) is 133 Å². The molecule has 3 aromatic rings. The quantitative estimate of drug-likeness (QED) is 0.666. The molecular formula is C21H21N7O2. The monoisotopic (exact) mass is 403 g/mol. The second kappa shape index (κ2) is 6.94. The van der Waals surface area contributed by atoms with E-state index in [1.54, 1.807) is 30.5 Å². The summed E-state index contributed by atoms with van der Waals surface area (Å²) in [5.74, 6) is 0.893. The number of anilines is 2. The molecule has 2 atom stereocenters. The number of nitrogen functional groups attached to an aromatic ring is 1. The van der Waals surface area contributed by atoms with Crippen LogP contribution in [-0.4, -0.2) is 38.5 Å². The predicted molar refractivity (Wildman–Crippen MR) is 112 cm³/mol. The van der Waals surface area contributed by atoms with Crippen molar-refractivity contribution in [3.8, 4) is 11.3 Å². The molecule has 5 heterocycles. The lowest BCUT2D eigenvalue weighted by Crippen LogP contribution is -2.48. The molecule has 4 N–H and O–H groups in total. The van der Waals surface area contributed by atoms with Gasteiger partial charge in [-0.3, -0.25) is 9.59 Å². The molecule has 5 rings (SSSR count). The van der Waals surface area contributed by atoms with Gasteiger partial charge in [-0.15, -0.1) is 0 Å². The first-order valence-corrected chi connectivity index (χ1v) is 9.82. The molecule has 152 valence electrons. The Balaban J connectivity index is 1.54. The van der Waals surface area contributed by atoms with Gasteiger partial charge in [-0.25, -0.2) is 15.0 Å². The summed E-state index contributed by atoms with van der Waals surface area (Å²) in [6, 6.07) is 8.70. The van der Waals surface area contributed by atoms with Crippen LogP contribution in [0.1, 0.15) is 28.4 Å². The molecule has 2 bridgehead atoms. The Morgan fingerprint density at radius 1 is 1.10 bits per heavy atom. The van der Waals surface area contributed by atoms with E-state index in [0.717, 1.165) is 24.2 Å². The van der Waals surface area contributed by atoms with Crippen LogP contribution < -0.4 is 21.9 Å². The van der Waals surface area contributed by atoms with E-state index in [1.807, 2.05) is 10.6 Å². The first kappa shape index (κ1) is 18.3. The van der Waals surface area contributed by atoms with Crippen molar-refractivity contribution < 1.29 is 4.79 Å². The van der Waals surface area contributed by atoms with Crippen LogP contribution in [0.4, 0.5) is 11.6 Å². The smallest absolute Gasteiger partial charge is 0.252 e. The van der Waals surface area contributed by atoms with E-state index < -0.39 is 5.91 Å². The zero-order valence-electron chi connectivity index (χ0n) is 16.2. The van der Waals surface area contributed by atoms with Gasteiger partial charge in [0.15, 0.2) is 0 Å². The molecule has 0 aromatic carbocycles. The average molecular weight is 403 g/mol. The van der Waals surface area contributed by atoms with E-state index in [4.69, 9.17) is 11.5 Å². The zero-order valence-corrected chi connectivity index (χ0v) is 16.2. The molecule has 3 aromatic heterocycles. The molecule has 9 nitrogen and oxygen atoms in total. The summed E-state index contributed by atoms with van der Waals surface area (Å²) in [6.07, 6.45) is 4.04. The largest absolute Gasteiger partial charge is 0.384 e. The number of pyridine rings is 2. The third-order valence-corrected chi connectivity index (χ3v) is 5.89. The molecule has 1 amide bonds. The van der Waals surface area contributed by atoms with Crippen molar-refractivity contribution in [1.82, 2.24) is 19.5 Å². The van der Waals surface area contributed by atoms with Gasteiger partial charge in [0.05, 0.1) is 11.3 Å². The number of hydrogen-bond donors (Lipinski definition) is 2. The lowest BCUT2D eigenvalue weighted by molar-refractivity contribution is 0.1000. The SMILES string of the molecule is NC(=O)c1cccnc1N1C[C@@H]2C[C@H](C1)c1cc(-c3cc(N)ncn3)cc(=O)n1C2. The van der Waals surface area contributed by atoms with E-state index in [0.29, 0.717) is 36.0 Å². The van der Waals surface area contributed by atoms with Crippen LogP contribution in [0, 0.1) is 5.92 Å². The first-order valence-electron chi connectivity index (χ1n) is 9.82. The maximum atomic E-state index is 12.9. The molecule has 2 aliphatic heterocycles. The van der Waals surface area contributed by atoms with Crippen LogP contribution >= 0.6 is 0 Å². The molecule has 0 unspecified atom stereocenters. The second-order valence-electron chi connectivity index (χ2n) is 7.89. The van der Waals surface area contributed by atoms with Crippen molar-refractivity contribution in [2.75, 3.05) is 23.7 Å². The van der Waals surface area contributed by atoms with Gasteiger partial charge in [0.2, 0.25) is 0 Å². The minimum Gasteiger partial charge on any atom is -0.384 e. The zero-order chi connectivity index (χ0) is 20.8. The summed E-state index contributed by atoms with van der Waals surface area (Å²) in [6.45, 7) is 2.01. The van der Waals surface area contributed by atoms with Gasteiger partial charge in [-0.05, 0) is 30.5 Å². The van der Waals surface area contributed by atoms with Crippen LogP contribution in [0.15, 0.2) is 47.7 Å². The number of hydrogen-bond acceptors (Lipinski definition) is 7. The molecular weight excluding hydrogens is 382 g/mol. The number of carbonyl (C=O) groups excluding carboxylic acids is 1. The van der Waals surface area contributed by atoms with Crippen molar-refractivity contribution in [3.63, 3.8) is 0 Å². The van der Waals surface area contributed by atoms with Gasteiger partial charge in [0.1, 0.15) is 18.0 Å². The summed E-state index contributed by atoms with van der Waals surface area (Å²) in [4.78, 5) is 39.5. The molecule has 0 spiro atoms. The average Bonchev–Trinajstić information content (AvgIpc) is 2.74. The molecule has 1 fully saturated rings. The Morgan fingerprint density at radius 3 is 2.77 bits per heavy atom. The summed E-state index contributed by atoms with van der Waals surface area (Å²) in [5.41, 5.74) is 14.0. The van der Waals surface area contributed by atoms with Crippen molar-refractivity contribution in [3.05, 3.63) is 64.5 Å². The molecule has 30 heavy (non-hydrogen) atoms. The Labute approximate surface area is 172 Å². The highest BCUT2D eigenvalue weighted by molar-refractivity contribution is 5.97. The van der Waals surface area contributed by atoms with Crippen LogP contribution in [-0.2, 0) is 6.54 Å². The lowest BCUT2D eigenvalue weighted by Gasteiger charge is -2.43. The number of amides is 1. The highest BCUT2D eigenvalue weighted by Crippen LogP contribution is 2.38. The van der Waals surface area contributed by atoms with Crippen LogP contribution in [0.3, 0.4) is 0 Å². The summed E-state index contributed by atoms with van der Waals surface area (Å²) in [7, 11) is 0. The lowest BCUT2D eigenvalue weighted by atomic mass is 9.82. The van der Waals surface area contributed by atoms with Gasteiger partial charge in [0.25, 0.3) is 11.5 Å². The summed E-state index contributed by atoms with van der Waals surface area (Å²) >= 11 is 0. The molecule has 9 heteroatoms. The highest BCUT2D eigenvalue weighted by atomic mass is 16.1. The standard InChI is InChI=1S/C21H21N7O2/c22-18-7-16(25-11-26-18)13-5-17-14-4-12(9-28(17)19(29)6-13)8-27(10-14)21-15(20(23)30)2-1-3-24-21/h1-3,5-7,11-12,14H,4,8-10H2,(H2,23,30)(H2,22,25,26)/t12-,14+/m0/s1. The summed E-state index contributed by atoms with van der Waals surface area (Å²) in [5, 5.41) is 0. The molecule has 0 aliphatic carbocycles. The number of rotatable bonds is 3. The number of primary amides is 1. The van der Waals surface area contributed by atoms with Crippen molar-refractivity contribution >= 4 is 17.5 Å². The Kier molecular flexibility index (Phi) is 4.23. The number of nitrogens with two attached hydrogens (primary N) is 2. The number of fused-ring (bicyclic) bond motifs is 4. The van der Waals surface area contributed by atoms with Gasteiger partial charge in [-0.2, -0.15) is 0 Å². The molecule has 0 radical (unpaired) electrons. The molecule has 2 aliphatic rings. The van der Waals surface area contributed by atoms with Crippen molar-refractivity contribution in [2.45, 2.75) is 18.9 Å². The second-order valence-corrected chi connectivity index (χ2v) is 7.89. The van der Waals surface area contributed by atoms with Gasteiger partial charge in [0, 0.05) is 55.1 Å². The summed E-state index contributed by atoms with van der Waals surface area (Å²) < 4.78 is 1.86. The maximum absolute atomic E-state index is 12.9. The number of carbonyl (C=O) groups is 1. The number of aromatic nitrogens is 4. The Morgan fingerprint density at radius 2 is 1.97 bits per heavy atom. The van der Waals surface area contributed by atoms with Crippen LogP contribution in [0.25, 0.3) is 11.3 Å². The van der Waals surface area contributed by atoms with Gasteiger partial charge < -0.3 is 20.9 Å². The molecule has 1 saturated heterocycles. The van der Waals surface area contributed by atoms with Gasteiger partial charge >= 0.3 is 0 Å². The Hall–Kier alpha value is -3.75. The van der Waals surface area contributed by atoms with E-state index in [9.17, 15) is 9.59 Å². The van der Waals surface area contributed by atoms with E-state index in [1.165, 1.54) is 6.33 Å². The van der Waals surface area contributed by atoms with Crippen molar-refractivity contribution in [1.29, 1.82) is 0 Å². The van der Waals surface area contributed by atoms with Crippen LogP contribution in [0.5, 0.6) is 0 Å². The minimum absolute atomic E-state index is 0.0431. The first-order chi connectivity index (χ1) is 14.5. The van der Waals surface area contributed by atoms with Crippen molar-refractivity contribution in [2.24, 2.45) is 11.7 Å².